The number of carbonyl (C=O) groups is 2. The Labute approximate surface area is 173 Å². The van der Waals surface area contributed by atoms with E-state index >= 15 is 0 Å². The zero-order chi connectivity index (χ0) is 20.7. The smallest absolute Gasteiger partial charge is 0.274 e. The van der Waals surface area contributed by atoms with Gasteiger partial charge < -0.3 is 24.1 Å². The van der Waals surface area contributed by atoms with Crippen molar-refractivity contribution in [3.8, 4) is 11.5 Å². The molecule has 30 heavy (non-hydrogen) atoms. The third kappa shape index (κ3) is 3.45. The van der Waals surface area contributed by atoms with Crippen LogP contribution >= 0.6 is 0 Å². The van der Waals surface area contributed by atoms with E-state index in [2.05, 4.69) is 10.3 Å². The molecule has 2 aliphatic rings. The molecule has 8 heteroatoms. The summed E-state index contributed by atoms with van der Waals surface area (Å²) in [7, 11) is 0. The van der Waals surface area contributed by atoms with Crippen molar-refractivity contribution < 1.29 is 19.1 Å². The van der Waals surface area contributed by atoms with Crippen LogP contribution in [-0.2, 0) is 4.79 Å². The topological polar surface area (TPSA) is 85.2 Å². The lowest BCUT2D eigenvalue weighted by Crippen LogP contribution is -2.41. The summed E-state index contributed by atoms with van der Waals surface area (Å²) in [5.41, 5.74) is 2.98. The van der Waals surface area contributed by atoms with Gasteiger partial charge in [0.1, 0.15) is 11.3 Å². The minimum atomic E-state index is -0.136. The van der Waals surface area contributed by atoms with E-state index < -0.39 is 0 Å². The van der Waals surface area contributed by atoms with Gasteiger partial charge in [-0.3, -0.25) is 9.59 Å². The van der Waals surface area contributed by atoms with Gasteiger partial charge in [0, 0.05) is 43.2 Å². The third-order valence-corrected chi connectivity index (χ3v) is 5.63. The number of hydrogen-bond acceptors (Lipinski definition) is 5. The molecule has 0 aliphatic carbocycles. The highest BCUT2D eigenvalue weighted by Gasteiger charge is 2.29. The number of imidazole rings is 1. The van der Waals surface area contributed by atoms with Gasteiger partial charge in [0.15, 0.2) is 11.5 Å². The van der Waals surface area contributed by atoms with Crippen LogP contribution in [0, 0.1) is 12.8 Å². The van der Waals surface area contributed by atoms with Gasteiger partial charge in [-0.1, -0.05) is 0 Å². The summed E-state index contributed by atoms with van der Waals surface area (Å²) < 4.78 is 12.5. The van der Waals surface area contributed by atoms with Gasteiger partial charge in [-0.2, -0.15) is 0 Å². The number of amides is 2. The largest absolute Gasteiger partial charge is 0.454 e. The summed E-state index contributed by atoms with van der Waals surface area (Å²) >= 11 is 0. The van der Waals surface area contributed by atoms with Crippen LogP contribution in [-0.4, -0.2) is 46.0 Å². The van der Waals surface area contributed by atoms with Gasteiger partial charge in [0.25, 0.3) is 5.91 Å². The van der Waals surface area contributed by atoms with Gasteiger partial charge in [0.05, 0.1) is 0 Å². The zero-order valence-corrected chi connectivity index (χ0v) is 16.6. The second-order valence-electron chi connectivity index (χ2n) is 7.72. The molecule has 1 fully saturated rings. The van der Waals surface area contributed by atoms with E-state index in [0.29, 0.717) is 48.8 Å². The monoisotopic (exact) mass is 406 g/mol. The van der Waals surface area contributed by atoms with Gasteiger partial charge in [-0.25, -0.2) is 4.98 Å². The molecule has 0 radical (unpaired) electrons. The number of likely N-dealkylation sites (tertiary alicyclic amines) is 1. The summed E-state index contributed by atoms with van der Waals surface area (Å²) in [5.74, 6) is 1.05. The maximum Gasteiger partial charge on any atom is 0.274 e. The highest BCUT2D eigenvalue weighted by molar-refractivity contribution is 5.94. The van der Waals surface area contributed by atoms with Gasteiger partial charge in [-0.15, -0.1) is 0 Å². The third-order valence-electron chi connectivity index (χ3n) is 5.63. The average Bonchev–Trinajstić information content (AvgIpc) is 3.39. The molecule has 1 N–H and O–H groups in total. The minimum absolute atomic E-state index is 0.0378. The fraction of sp³-hybridized carbons (Fsp3) is 0.318. The second-order valence-corrected chi connectivity index (χ2v) is 7.72. The van der Waals surface area contributed by atoms with Gasteiger partial charge in [0.2, 0.25) is 12.7 Å². The first-order valence-corrected chi connectivity index (χ1v) is 10.0. The number of aryl methyl sites for hydroxylation is 1. The number of anilines is 1. The molecule has 5 rings (SSSR count). The van der Waals surface area contributed by atoms with Crippen molar-refractivity contribution in [3.63, 3.8) is 0 Å². The molecule has 1 saturated heterocycles. The number of aromatic nitrogens is 2. The number of carbonyl (C=O) groups excluding carboxylic acids is 2. The summed E-state index contributed by atoms with van der Waals surface area (Å²) in [6, 6.07) is 9.28. The van der Waals surface area contributed by atoms with Gasteiger partial charge in [-0.05, 0) is 49.6 Å². The van der Waals surface area contributed by atoms with Crippen LogP contribution in [0.3, 0.4) is 0 Å². The van der Waals surface area contributed by atoms with Gasteiger partial charge >= 0.3 is 0 Å². The zero-order valence-electron chi connectivity index (χ0n) is 16.6. The Morgan fingerprint density at radius 3 is 2.73 bits per heavy atom. The highest BCUT2D eigenvalue weighted by Crippen LogP contribution is 2.34. The Kier molecular flexibility index (Phi) is 4.54. The molecule has 0 bridgehead atoms. The molecule has 0 spiro atoms. The van der Waals surface area contributed by atoms with E-state index in [4.69, 9.17) is 9.47 Å². The predicted octanol–water partition coefficient (Wildman–Crippen LogP) is 2.86. The van der Waals surface area contributed by atoms with Crippen molar-refractivity contribution in [1.29, 1.82) is 0 Å². The minimum Gasteiger partial charge on any atom is -0.454 e. The summed E-state index contributed by atoms with van der Waals surface area (Å²) in [6.07, 6.45) is 4.90. The van der Waals surface area contributed by atoms with Crippen LogP contribution in [0.25, 0.3) is 5.65 Å². The normalized spacial score (nSPS) is 16.1. The van der Waals surface area contributed by atoms with E-state index in [1.54, 1.807) is 29.3 Å². The second kappa shape index (κ2) is 7.37. The lowest BCUT2D eigenvalue weighted by molar-refractivity contribution is -0.121. The Hall–Kier alpha value is -3.55. The molecule has 4 heterocycles. The van der Waals surface area contributed by atoms with Crippen LogP contribution in [0.2, 0.25) is 0 Å². The number of ether oxygens (including phenoxy) is 2. The molecule has 0 saturated carbocycles. The van der Waals surface area contributed by atoms with Crippen molar-refractivity contribution in [3.05, 3.63) is 54.0 Å². The Balaban J connectivity index is 1.20. The molecule has 0 atom stereocenters. The molecule has 3 aromatic rings. The maximum atomic E-state index is 12.9. The predicted molar refractivity (Wildman–Crippen MR) is 110 cm³/mol. The lowest BCUT2D eigenvalue weighted by Gasteiger charge is -2.30. The van der Waals surface area contributed by atoms with Crippen molar-refractivity contribution in [1.82, 2.24) is 14.3 Å². The maximum absolute atomic E-state index is 12.9. The molecule has 2 aromatic heterocycles. The number of piperidine rings is 1. The first-order chi connectivity index (χ1) is 14.6. The summed E-state index contributed by atoms with van der Waals surface area (Å²) in [5, 5.41) is 2.95. The van der Waals surface area contributed by atoms with Crippen LogP contribution in [0.4, 0.5) is 5.69 Å². The molecular formula is C22H22N4O4. The van der Waals surface area contributed by atoms with Crippen molar-refractivity contribution in [2.24, 2.45) is 5.92 Å². The average molecular weight is 406 g/mol. The number of nitrogens with zero attached hydrogens (tertiary/aromatic N) is 3. The van der Waals surface area contributed by atoms with E-state index in [1.807, 2.05) is 29.7 Å². The van der Waals surface area contributed by atoms with Crippen LogP contribution < -0.4 is 14.8 Å². The van der Waals surface area contributed by atoms with Crippen molar-refractivity contribution >= 4 is 23.1 Å². The molecule has 2 amide bonds. The molecular weight excluding hydrogens is 384 g/mol. The first kappa shape index (κ1) is 18.5. The highest BCUT2D eigenvalue weighted by atomic mass is 16.7. The Morgan fingerprint density at radius 1 is 1.10 bits per heavy atom. The number of nitrogens with one attached hydrogen (secondary N) is 1. The standard InChI is InChI=1S/C22H22N4O4/c1-14-4-7-26-12-17(24-20(26)10-14)22(28)25-8-5-15(6-9-25)21(27)23-16-2-3-18-19(11-16)30-13-29-18/h2-4,7,10-12,15H,5-6,8-9,13H2,1H3,(H,23,27). The van der Waals surface area contributed by atoms with Crippen LogP contribution in [0.5, 0.6) is 11.5 Å². The molecule has 8 nitrogen and oxygen atoms in total. The quantitative estimate of drug-likeness (QED) is 0.723. The summed E-state index contributed by atoms with van der Waals surface area (Å²) in [6.45, 7) is 3.26. The summed E-state index contributed by atoms with van der Waals surface area (Å²) in [4.78, 5) is 31.7. The Bertz CT molecular complexity index is 1130. The SMILES string of the molecule is Cc1ccn2cc(C(=O)N3CCC(C(=O)Nc4ccc5c(c4)OCO5)CC3)nc2c1. The van der Waals surface area contributed by atoms with Crippen molar-refractivity contribution in [2.75, 3.05) is 25.2 Å². The van der Waals surface area contributed by atoms with Crippen LogP contribution in [0.1, 0.15) is 28.9 Å². The molecule has 0 unspecified atom stereocenters. The van der Waals surface area contributed by atoms with E-state index in [1.165, 1.54) is 0 Å². The van der Waals surface area contributed by atoms with E-state index in [-0.39, 0.29) is 24.5 Å². The number of rotatable bonds is 3. The van der Waals surface area contributed by atoms with Crippen LogP contribution in [0.15, 0.2) is 42.7 Å². The number of pyridine rings is 1. The van der Waals surface area contributed by atoms with Crippen molar-refractivity contribution in [2.45, 2.75) is 19.8 Å². The number of hydrogen-bond donors (Lipinski definition) is 1. The van der Waals surface area contributed by atoms with E-state index in [9.17, 15) is 9.59 Å². The fourth-order valence-electron chi connectivity index (χ4n) is 3.91. The lowest BCUT2D eigenvalue weighted by atomic mass is 9.95. The first-order valence-electron chi connectivity index (χ1n) is 10.0. The number of fused-ring (bicyclic) bond motifs is 2. The molecule has 154 valence electrons. The van der Waals surface area contributed by atoms with E-state index in [0.717, 1.165) is 11.2 Å². The number of benzene rings is 1. The Morgan fingerprint density at radius 2 is 1.90 bits per heavy atom. The fourth-order valence-corrected chi connectivity index (χ4v) is 3.91. The molecule has 2 aliphatic heterocycles. The molecule has 1 aromatic carbocycles.